The lowest BCUT2D eigenvalue weighted by Gasteiger charge is -2.38. The van der Waals surface area contributed by atoms with Crippen molar-refractivity contribution in [3.8, 4) is 0 Å². The molecule has 3 heterocycles. The number of nitrogens with zero attached hydrogens (tertiary/aromatic N) is 4. The Morgan fingerprint density at radius 1 is 1.09 bits per heavy atom. The molecule has 0 saturated carbocycles. The average molecular weight is 623 g/mol. The zero-order chi connectivity index (χ0) is 24.7. The summed E-state index contributed by atoms with van der Waals surface area (Å²) in [6.07, 6.45) is 7.67. The average Bonchev–Trinajstić information content (AvgIpc) is 2.98. The minimum atomic E-state index is -0.154. The van der Waals surface area contributed by atoms with Gasteiger partial charge in [-0.1, -0.05) is 27.5 Å². The van der Waals surface area contributed by atoms with E-state index < -0.39 is 0 Å². The number of aromatic nitrogens is 2. The van der Waals surface area contributed by atoms with Crippen LogP contribution in [0.3, 0.4) is 0 Å². The van der Waals surface area contributed by atoms with Gasteiger partial charge in [0.05, 0.1) is 10.9 Å². The van der Waals surface area contributed by atoms with Gasteiger partial charge in [0.2, 0.25) is 12.1 Å². The smallest absolute Gasteiger partial charge is 0.258 e. The summed E-state index contributed by atoms with van der Waals surface area (Å²) in [5.74, 6) is 0.147. The highest BCUT2D eigenvalue weighted by atomic mass is 79.9. The zero-order valence-corrected chi connectivity index (χ0v) is 23.4. The normalized spacial score (nSPS) is 18.1. The van der Waals surface area contributed by atoms with Crippen molar-refractivity contribution < 1.29 is 19.3 Å². The first-order valence-electron chi connectivity index (χ1n) is 11.7. The van der Waals surface area contributed by atoms with Crippen molar-refractivity contribution >= 4 is 49.4 Å². The Morgan fingerprint density at radius 3 is 2.49 bits per heavy atom. The van der Waals surface area contributed by atoms with Crippen molar-refractivity contribution in [3.63, 3.8) is 0 Å². The van der Waals surface area contributed by atoms with Crippen molar-refractivity contribution in [1.29, 1.82) is 0 Å². The number of halogens is 3. The van der Waals surface area contributed by atoms with E-state index in [4.69, 9.17) is 11.6 Å². The van der Waals surface area contributed by atoms with Gasteiger partial charge in [0.15, 0.2) is 12.4 Å². The SMILES string of the molecule is C[n+]1ccc(CC(=O)N2CCN([C@@H]3c4c(Br)cc(Cl)cc4CCc4cc(Br)c[n+](O)c43)CC2)cc1. The minimum Gasteiger partial charge on any atom is -0.340 e. The molecule has 1 N–H and O–H groups in total. The van der Waals surface area contributed by atoms with Crippen molar-refractivity contribution in [2.24, 2.45) is 7.05 Å². The Bertz CT molecular complexity index is 1220. The number of carbonyl (C=O) groups excluding carboxylic acids is 1. The van der Waals surface area contributed by atoms with Crippen LogP contribution in [0.15, 0.2) is 57.9 Å². The minimum absolute atomic E-state index is 0.147. The zero-order valence-electron chi connectivity index (χ0n) is 19.4. The lowest BCUT2D eigenvalue weighted by Crippen LogP contribution is -2.52. The Labute approximate surface area is 227 Å². The summed E-state index contributed by atoms with van der Waals surface area (Å²) >= 11 is 13.7. The molecule has 1 fully saturated rings. The predicted molar refractivity (Wildman–Crippen MR) is 139 cm³/mol. The van der Waals surface area contributed by atoms with E-state index in [0.29, 0.717) is 37.6 Å². The molecular formula is C26H27Br2ClN4O2+2. The fraction of sp³-hybridized carbons (Fsp3) is 0.346. The van der Waals surface area contributed by atoms with Crippen LogP contribution in [-0.2, 0) is 31.1 Å². The summed E-state index contributed by atoms with van der Waals surface area (Å²) < 4.78 is 5.00. The largest absolute Gasteiger partial charge is 0.340 e. The number of rotatable bonds is 3. The first-order chi connectivity index (χ1) is 16.8. The highest BCUT2D eigenvalue weighted by Crippen LogP contribution is 2.41. The Morgan fingerprint density at radius 2 is 1.77 bits per heavy atom. The van der Waals surface area contributed by atoms with Crippen LogP contribution in [0.25, 0.3) is 0 Å². The molecule has 0 unspecified atom stereocenters. The van der Waals surface area contributed by atoms with Crippen molar-refractivity contribution in [2.75, 3.05) is 26.2 Å². The number of piperazine rings is 1. The van der Waals surface area contributed by atoms with E-state index in [2.05, 4.69) is 42.8 Å². The number of pyridine rings is 2. The van der Waals surface area contributed by atoms with E-state index in [0.717, 1.165) is 44.2 Å². The van der Waals surface area contributed by atoms with Crippen molar-refractivity contribution in [3.05, 3.63) is 90.8 Å². The standard InChI is InChI=1S/C26H27Br2ClN4O2/c1-30-6-4-17(5-7-30)12-23(34)31-8-10-32(11-9-31)26-24-18(14-21(29)15-22(24)28)2-3-19-13-20(27)16-33(35)25(19)26/h4-7,13-16,26,35H,2-3,8-12H2,1H3/q+2/t26-/m1/s1. The fourth-order valence-corrected chi connectivity index (χ4v) is 6.75. The molecule has 1 aliphatic carbocycles. The number of hydrogen-bond donors (Lipinski definition) is 1. The maximum Gasteiger partial charge on any atom is 0.258 e. The van der Waals surface area contributed by atoms with Crippen LogP contribution in [0.2, 0.25) is 5.02 Å². The van der Waals surface area contributed by atoms with Crippen LogP contribution in [-0.4, -0.2) is 47.1 Å². The van der Waals surface area contributed by atoms with E-state index in [1.807, 2.05) is 53.2 Å². The second kappa shape index (κ2) is 10.2. The van der Waals surface area contributed by atoms with Crippen LogP contribution in [0.4, 0.5) is 0 Å². The molecule has 0 bridgehead atoms. The molecule has 1 atom stereocenters. The summed E-state index contributed by atoms with van der Waals surface area (Å²) in [7, 11) is 1.97. The van der Waals surface area contributed by atoms with E-state index >= 15 is 0 Å². The Kier molecular flexibility index (Phi) is 7.17. The topological polar surface area (TPSA) is 51.5 Å². The molecule has 9 heteroatoms. The van der Waals surface area contributed by atoms with E-state index in [9.17, 15) is 10.0 Å². The molecule has 1 saturated heterocycles. The molecule has 2 aliphatic rings. The molecule has 1 aliphatic heterocycles. The molecule has 35 heavy (non-hydrogen) atoms. The summed E-state index contributed by atoms with van der Waals surface area (Å²) in [4.78, 5) is 17.3. The first kappa shape index (κ1) is 24.7. The summed E-state index contributed by atoms with van der Waals surface area (Å²) in [5.41, 5.74) is 5.30. The third-order valence-electron chi connectivity index (χ3n) is 6.94. The Balaban J connectivity index is 1.43. The van der Waals surface area contributed by atoms with Crippen molar-refractivity contribution in [1.82, 2.24) is 9.80 Å². The third kappa shape index (κ3) is 5.12. The highest BCUT2D eigenvalue weighted by molar-refractivity contribution is 9.10. The monoisotopic (exact) mass is 620 g/mol. The van der Waals surface area contributed by atoms with Gasteiger partial charge in [-0.2, -0.15) is 0 Å². The van der Waals surface area contributed by atoms with Gasteiger partial charge in [0.1, 0.15) is 13.1 Å². The Hall–Kier alpha value is -2.00. The second-order valence-electron chi connectivity index (χ2n) is 9.24. The van der Waals surface area contributed by atoms with Gasteiger partial charge < -0.3 is 4.90 Å². The number of hydrogen-bond acceptors (Lipinski definition) is 3. The maximum atomic E-state index is 13.0. The maximum absolute atomic E-state index is 13.0. The molecule has 1 aromatic carbocycles. The van der Waals surface area contributed by atoms with Gasteiger partial charge in [-0.3, -0.25) is 14.9 Å². The quantitative estimate of drug-likeness (QED) is 0.358. The summed E-state index contributed by atoms with van der Waals surface area (Å²) in [6.45, 7) is 2.72. The molecular weight excluding hydrogens is 596 g/mol. The van der Waals surface area contributed by atoms with Gasteiger partial charge in [0, 0.05) is 58.1 Å². The van der Waals surface area contributed by atoms with Gasteiger partial charge in [-0.05, 0) is 63.7 Å². The highest BCUT2D eigenvalue weighted by Gasteiger charge is 2.40. The number of benzene rings is 1. The van der Waals surface area contributed by atoms with Crippen LogP contribution in [0.1, 0.15) is 34.0 Å². The van der Waals surface area contributed by atoms with E-state index in [1.165, 1.54) is 10.3 Å². The molecule has 5 rings (SSSR count). The van der Waals surface area contributed by atoms with Gasteiger partial charge in [-0.15, -0.1) is 0 Å². The third-order valence-corrected chi connectivity index (χ3v) is 8.25. The predicted octanol–water partition coefficient (Wildman–Crippen LogP) is 3.79. The summed E-state index contributed by atoms with van der Waals surface area (Å²) in [6, 6.07) is 9.90. The molecule has 0 spiro atoms. The van der Waals surface area contributed by atoms with Crippen LogP contribution in [0, 0.1) is 0 Å². The van der Waals surface area contributed by atoms with Crippen molar-refractivity contribution in [2.45, 2.75) is 25.3 Å². The van der Waals surface area contributed by atoms with Crippen LogP contribution >= 0.6 is 43.5 Å². The molecule has 1 amide bonds. The van der Waals surface area contributed by atoms with E-state index in [1.54, 1.807) is 6.20 Å². The lowest BCUT2D eigenvalue weighted by atomic mass is 9.96. The number of amides is 1. The molecule has 6 nitrogen and oxygen atoms in total. The van der Waals surface area contributed by atoms with Gasteiger partial charge in [0.25, 0.3) is 5.69 Å². The van der Waals surface area contributed by atoms with Crippen LogP contribution in [0.5, 0.6) is 0 Å². The van der Waals surface area contributed by atoms with E-state index in [-0.39, 0.29) is 11.9 Å². The van der Waals surface area contributed by atoms with Gasteiger partial charge >= 0.3 is 0 Å². The number of carbonyl (C=O) groups is 1. The molecule has 0 radical (unpaired) electrons. The van der Waals surface area contributed by atoms with Gasteiger partial charge in [-0.25, -0.2) is 4.57 Å². The summed E-state index contributed by atoms with van der Waals surface area (Å²) in [5, 5.41) is 11.7. The molecule has 182 valence electrons. The second-order valence-corrected chi connectivity index (χ2v) is 11.4. The molecule has 2 aromatic heterocycles. The van der Waals surface area contributed by atoms with Crippen LogP contribution < -0.4 is 9.30 Å². The number of fused-ring (bicyclic) bond motifs is 2. The fourth-order valence-electron chi connectivity index (χ4n) is 5.19. The first-order valence-corrected chi connectivity index (χ1v) is 13.6. The lowest BCUT2D eigenvalue weighted by molar-refractivity contribution is -0.911. The number of aryl methyl sites for hydroxylation is 3. The molecule has 3 aromatic rings.